The van der Waals surface area contributed by atoms with E-state index in [9.17, 15) is 29.4 Å². The SMILES string of the molecule is CNC(=O)[C@]12CN(C)C(=O)C(=O)N1[C@@H]1C[C@]3(O[C@H](C)C(C)(C)C3=O)[C@@H](O)[C@]1(O)C2. The average Bonchev–Trinajstić information content (AvgIpc) is 3.10. The molecule has 3 N–H and O–H groups in total. The molecule has 29 heavy (non-hydrogen) atoms. The highest BCUT2D eigenvalue weighted by molar-refractivity contribution is 6.36. The number of nitrogens with zero attached hydrogens (tertiary/aromatic N) is 2. The Morgan fingerprint density at radius 1 is 1.24 bits per heavy atom. The van der Waals surface area contributed by atoms with Crippen molar-refractivity contribution in [2.45, 2.75) is 68.6 Å². The smallest absolute Gasteiger partial charge is 0.313 e. The molecule has 6 atom stereocenters. The topological polar surface area (TPSA) is 136 Å². The van der Waals surface area contributed by atoms with Crippen LogP contribution in [0.2, 0.25) is 0 Å². The van der Waals surface area contributed by atoms with Gasteiger partial charge in [0.05, 0.1) is 24.1 Å². The van der Waals surface area contributed by atoms with Crippen LogP contribution in [-0.2, 0) is 23.9 Å². The highest BCUT2D eigenvalue weighted by atomic mass is 16.5. The number of ketones is 1. The molecule has 3 amide bonds. The van der Waals surface area contributed by atoms with Gasteiger partial charge in [-0.1, -0.05) is 13.8 Å². The second-order valence-corrected chi connectivity index (χ2v) is 9.44. The first-order valence-electron chi connectivity index (χ1n) is 9.74. The highest BCUT2D eigenvalue weighted by Crippen LogP contribution is 2.59. The second-order valence-electron chi connectivity index (χ2n) is 9.44. The third-order valence-corrected chi connectivity index (χ3v) is 7.61. The summed E-state index contributed by atoms with van der Waals surface area (Å²) < 4.78 is 5.94. The zero-order chi connectivity index (χ0) is 21.7. The van der Waals surface area contributed by atoms with Crippen LogP contribution in [0.3, 0.4) is 0 Å². The van der Waals surface area contributed by atoms with Crippen LogP contribution in [0, 0.1) is 5.41 Å². The zero-order valence-electron chi connectivity index (χ0n) is 17.2. The standard InChI is InChI=1S/C19H27N3O7/c1-9-16(2,3)13(25)19(29-9)6-10-18(28,14(19)26)7-17(15(27)20-4)8-21(5)11(23)12(24)22(10)17/h9-10,14,26,28H,6-8H2,1-5H3,(H,20,27)/t9-,10-,14+,17+,18+,19-/m1/s1. The Kier molecular flexibility index (Phi) is 3.88. The van der Waals surface area contributed by atoms with E-state index in [4.69, 9.17) is 4.74 Å². The third kappa shape index (κ3) is 2.06. The molecule has 1 aliphatic carbocycles. The summed E-state index contributed by atoms with van der Waals surface area (Å²) >= 11 is 0. The van der Waals surface area contributed by atoms with E-state index in [0.717, 1.165) is 9.80 Å². The quantitative estimate of drug-likeness (QED) is 0.418. The van der Waals surface area contributed by atoms with Crippen molar-refractivity contribution in [3.8, 4) is 0 Å². The number of nitrogens with one attached hydrogen (secondary N) is 1. The zero-order valence-corrected chi connectivity index (χ0v) is 17.2. The van der Waals surface area contributed by atoms with Crippen molar-refractivity contribution in [3.05, 3.63) is 0 Å². The van der Waals surface area contributed by atoms with E-state index in [2.05, 4.69) is 5.32 Å². The van der Waals surface area contributed by atoms with E-state index in [-0.39, 0.29) is 25.2 Å². The second kappa shape index (κ2) is 5.55. The molecule has 4 fully saturated rings. The van der Waals surface area contributed by atoms with Gasteiger partial charge < -0.3 is 30.1 Å². The molecule has 10 heteroatoms. The van der Waals surface area contributed by atoms with Crippen LogP contribution >= 0.6 is 0 Å². The lowest BCUT2D eigenvalue weighted by molar-refractivity contribution is -0.170. The monoisotopic (exact) mass is 409 g/mol. The molecule has 1 spiro atoms. The number of hydrogen-bond donors (Lipinski definition) is 3. The number of aliphatic hydroxyl groups excluding tert-OH is 1. The fourth-order valence-electron chi connectivity index (χ4n) is 5.81. The largest absolute Gasteiger partial charge is 0.387 e. The Balaban J connectivity index is 1.84. The Bertz CT molecular complexity index is 844. The van der Waals surface area contributed by atoms with Gasteiger partial charge in [0.1, 0.15) is 17.2 Å². The summed E-state index contributed by atoms with van der Waals surface area (Å²) in [6, 6.07) is -1.11. The van der Waals surface area contributed by atoms with Crippen molar-refractivity contribution in [3.63, 3.8) is 0 Å². The molecule has 4 aliphatic rings. The molecule has 0 bridgehead atoms. The molecule has 1 saturated carbocycles. The van der Waals surface area contributed by atoms with E-state index < -0.39 is 58.1 Å². The number of hydrogen-bond acceptors (Lipinski definition) is 7. The van der Waals surface area contributed by atoms with Crippen molar-refractivity contribution >= 4 is 23.5 Å². The maximum atomic E-state index is 13.2. The van der Waals surface area contributed by atoms with E-state index in [1.54, 1.807) is 20.8 Å². The first-order valence-corrected chi connectivity index (χ1v) is 9.74. The fraction of sp³-hybridized carbons (Fsp3) is 0.789. The van der Waals surface area contributed by atoms with Gasteiger partial charge in [-0.2, -0.15) is 0 Å². The molecule has 10 nitrogen and oxygen atoms in total. The number of Topliss-reactive ketones (excluding diaryl/α,β-unsaturated/α-hetero) is 1. The van der Waals surface area contributed by atoms with Crippen molar-refractivity contribution in [1.29, 1.82) is 0 Å². The first kappa shape index (κ1) is 20.2. The van der Waals surface area contributed by atoms with Crippen LogP contribution in [0.5, 0.6) is 0 Å². The maximum Gasteiger partial charge on any atom is 0.313 e. The van der Waals surface area contributed by atoms with Crippen molar-refractivity contribution in [1.82, 2.24) is 15.1 Å². The lowest BCUT2D eigenvalue weighted by Gasteiger charge is -2.45. The molecule has 0 unspecified atom stereocenters. The summed E-state index contributed by atoms with van der Waals surface area (Å²) in [5, 5.41) is 25.2. The third-order valence-electron chi connectivity index (χ3n) is 7.61. The van der Waals surface area contributed by atoms with Crippen molar-refractivity contribution in [2.24, 2.45) is 5.41 Å². The van der Waals surface area contributed by atoms with Gasteiger partial charge in [-0.25, -0.2) is 0 Å². The lowest BCUT2D eigenvalue weighted by atomic mass is 9.75. The molecule has 4 rings (SSSR count). The number of ether oxygens (including phenoxy) is 1. The van der Waals surface area contributed by atoms with E-state index in [1.807, 2.05) is 0 Å². The Morgan fingerprint density at radius 3 is 2.38 bits per heavy atom. The minimum atomic E-state index is -1.97. The van der Waals surface area contributed by atoms with Gasteiger partial charge in [0, 0.05) is 26.9 Å². The first-order chi connectivity index (χ1) is 13.3. The summed E-state index contributed by atoms with van der Waals surface area (Å²) in [5.41, 5.74) is -6.08. The van der Waals surface area contributed by atoms with Crippen LogP contribution in [0.15, 0.2) is 0 Å². The van der Waals surface area contributed by atoms with Crippen LogP contribution < -0.4 is 5.32 Å². The van der Waals surface area contributed by atoms with Crippen LogP contribution in [-0.4, -0.2) is 99.1 Å². The number of carbonyl (C=O) groups excluding carboxylic acids is 4. The van der Waals surface area contributed by atoms with Gasteiger partial charge in [-0.05, 0) is 6.92 Å². The lowest BCUT2D eigenvalue weighted by Crippen LogP contribution is -2.70. The van der Waals surface area contributed by atoms with Gasteiger partial charge in [-0.3, -0.25) is 19.2 Å². The molecule has 3 aliphatic heterocycles. The minimum Gasteiger partial charge on any atom is -0.387 e. The Hall–Kier alpha value is -2.04. The fourth-order valence-corrected chi connectivity index (χ4v) is 5.81. The maximum absolute atomic E-state index is 13.2. The number of fused-ring (bicyclic) bond motifs is 3. The Morgan fingerprint density at radius 2 is 1.86 bits per heavy atom. The van der Waals surface area contributed by atoms with Crippen molar-refractivity contribution in [2.75, 3.05) is 20.6 Å². The van der Waals surface area contributed by atoms with Crippen LogP contribution in [0.4, 0.5) is 0 Å². The van der Waals surface area contributed by atoms with E-state index >= 15 is 0 Å². The van der Waals surface area contributed by atoms with Gasteiger partial charge in [0.25, 0.3) is 0 Å². The molecule has 3 saturated heterocycles. The number of amides is 3. The molecule has 0 aromatic rings. The van der Waals surface area contributed by atoms with Crippen molar-refractivity contribution < 1.29 is 34.1 Å². The van der Waals surface area contributed by atoms with Gasteiger partial charge in [-0.15, -0.1) is 0 Å². The molecule has 0 aromatic heterocycles. The van der Waals surface area contributed by atoms with Gasteiger partial charge >= 0.3 is 11.8 Å². The number of piperazine rings is 1. The number of carbonyl (C=O) groups is 4. The van der Waals surface area contributed by atoms with Crippen LogP contribution in [0.25, 0.3) is 0 Å². The normalized spacial score (nSPS) is 45.8. The molecule has 160 valence electrons. The molecule has 0 radical (unpaired) electrons. The predicted molar refractivity (Wildman–Crippen MR) is 97.3 cm³/mol. The Labute approximate surface area is 168 Å². The van der Waals surface area contributed by atoms with E-state index in [1.165, 1.54) is 14.1 Å². The molecular weight excluding hydrogens is 382 g/mol. The summed E-state index contributed by atoms with van der Waals surface area (Å²) in [6.45, 7) is 5.02. The summed E-state index contributed by atoms with van der Waals surface area (Å²) in [4.78, 5) is 53.6. The highest BCUT2D eigenvalue weighted by Gasteiger charge is 2.79. The van der Waals surface area contributed by atoms with Crippen LogP contribution in [0.1, 0.15) is 33.6 Å². The molecular formula is C19H27N3O7. The van der Waals surface area contributed by atoms with Gasteiger partial charge in [0.2, 0.25) is 5.91 Å². The summed E-state index contributed by atoms with van der Waals surface area (Å²) in [7, 11) is 2.81. The molecule has 0 aromatic carbocycles. The minimum absolute atomic E-state index is 0.119. The van der Waals surface area contributed by atoms with E-state index in [0.29, 0.717) is 0 Å². The predicted octanol–water partition coefficient (Wildman–Crippen LogP) is -2.21. The summed E-state index contributed by atoms with van der Waals surface area (Å²) in [5.74, 6) is -2.64. The number of likely N-dealkylation sites (N-methyl/N-ethyl adjacent to an activating group) is 2. The number of aliphatic hydroxyl groups is 2. The number of rotatable bonds is 1. The molecule has 3 heterocycles. The van der Waals surface area contributed by atoms with Gasteiger partial charge in [0.15, 0.2) is 11.4 Å². The summed E-state index contributed by atoms with van der Waals surface area (Å²) in [6.07, 6.45) is -2.64. The average molecular weight is 409 g/mol.